The molecule has 6 nitrogen and oxygen atoms in total. The third-order valence-electron chi connectivity index (χ3n) is 3.87. The molecule has 2 aromatic rings. The number of benzene rings is 2. The smallest absolute Gasteiger partial charge is 0.313 e. The number of hydrogen-bond acceptors (Lipinski definition) is 5. The topological polar surface area (TPSA) is 104 Å². The van der Waals surface area contributed by atoms with E-state index in [1.807, 2.05) is 0 Å². The van der Waals surface area contributed by atoms with Gasteiger partial charge in [-0.15, -0.1) is 0 Å². The average molecular weight is 328 g/mol. The van der Waals surface area contributed by atoms with Gasteiger partial charge >= 0.3 is 5.91 Å². The molecule has 0 aliphatic rings. The molecular formula is C18H20N2O4. The highest BCUT2D eigenvalue weighted by molar-refractivity contribution is 6.35. The molecule has 0 aromatic heterocycles. The Morgan fingerprint density at radius 1 is 1.04 bits per heavy atom. The maximum Gasteiger partial charge on any atom is 0.313 e. The number of amides is 1. The lowest BCUT2D eigenvalue weighted by Crippen LogP contribution is -2.37. The summed E-state index contributed by atoms with van der Waals surface area (Å²) in [5, 5.41) is 20.6. The van der Waals surface area contributed by atoms with Crippen molar-refractivity contribution in [3.63, 3.8) is 0 Å². The SMILES string of the molecule is CN(O)C(=O)C(=O)CC(O)(c1ccccc1)c1ccc(CN)cc1. The lowest BCUT2D eigenvalue weighted by molar-refractivity contribution is -0.166. The Hall–Kier alpha value is -2.54. The minimum Gasteiger partial charge on any atom is -0.380 e. The highest BCUT2D eigenvalue weighted by atomic mass is 16.5. The summed E-state index contributed by atoms with van der Waals surface area (Å²) >= 11 is 0. The van der Waals surface area contributed by atoms with Crippen LogP contribution in [0.1, 0.15) is 23.1 Å². The van der Waals surface area contributed by atoms with Crippen molar-refractivity contribution in [1.82, 2.24) is 5.06 Å². The van der Waals surface area contributed by atoms with Crippen LogP contribution < -0.4 is 5.73 Å². The number of carbonyl (C=O) groups excluding carboxylic acids is 2. The maximum absolute atomic E-state index is 12.1. The summed E-state index contributed by atoms with van der Waals surface area (Å²) in [6.45, 7) is 0.358. The number of likely N-dealkylation sites (N-methyl/N-ethyl adjacent to an activating group) is 1. The van der Waals surface area contributed by atoms with Crippen LogP contribution in [0.25, 0.3) is 0 Å². The highest BCUT2D eigenvalue weighted by Crippen LogP contribution is 2.33. The summed E-state index contributed by atoms with van der Waals surface area (Å²) in [5.74, 6) is -1.97. The van der Waals surface area contributed by atoms with Crippen LogP contribution in [0.5, 0.6) is 0 Å². The molecule has 2 aromatic carbocycles. The number of ketones is 1. The van der Waals surface area contributed by atoms with Gasteiger partial charge in [0, 0.05) is 13.6 Å². The largest absolute Gasteiger partial charge is 0.380 e. The number of nitrogens with zero attached hydrogens (tertiary/aromatic N) is 1. The van der Waals surface area contributed by atoms with E-state index in [0.717, 1.165) is 12.6 Å². The molecule has 0 radical (unpaired) electrons. The first-order chi connectivity index (χ1) is 11.4. The first kappa shape index (κ1) is 17.8. The molecule has 1 amide bonds. The summed E-state index contributed by atoms with van der Waals surface area (Å²) < 4.78 is 0. The molecule has 0 saturated heterocycles. The van der Waals surface area contributed by atoms with Crippen molar-refractivity contribution in [3.05, 3.63) is 71.3 Å². The first-order valence-electron chi connectivity index (χ1n) is 7.45. The zero-order chi connectivity index (χ0) is 17.7. The Kier molecular flexibility index (Phi) is 5.46. The Labute approximate surface area is 140 Å². The van der Waals surface area contributed by atoms with Gasteiger partial charge in [-0.25, -0.2) is 5.06 Å². The monoisotopic (exact) mass is 328 g/mol. The quantitative estimate of drug-likeness (QED) is 0.420. The molecule has 4 N–H and O–H groups in total. The van der Waals surface area contributed by atoms with Gasteiger partial charge in [0.25, 0.3) is 0 Å². The molecule has 1 unspecified atom stereocenters. The first-order valence-corrected chi connectivity index (χ1v) is 7.45. The molecule has 0 fully saturated rings. The molecule has 2 rings (SSSR count). The fourth-order valence-corrected chi connectivity index (χ4v) is 2.49. The lowest BCUT2D eigenvalue weighted by atomic mass is 9.82. The van der Waals surface area contributed by atoms with Crippen LogP contribution in [0.15, 0.2) is 54.6 Å². The van der Waals surface area contributed by atoms with E-state index in [0.29, 0.717) is 17.7 Å². The van der Waals surface area contributed by atoms with Gasteiger partial charge in [0.05, 0.1) is 6.42 Å². The van der Waals surface area contributed by atoms with Crippen molar-refractivity contribution in [2.24, 2.45) is 5.73 Å². The number of rotatable bonds is 6. The van der Waals surface area contributed by atoms with E-state index in [1.165, 1.54) is 0 Å². The van der Waals surface area contributed by atoms with E-state index in [-0.39, 0.29) is 5.06 Å². The van der Waals surface area contributed by atoms with E-state index in [9.17, 15) is 14.7 Å². The molecule has 0 aliphatic carbocycles. The van der Waals surface area contributed by atoms with Gasteiger partial charge < -0.3 is 10.8 Å². The predicted molar refractivity (Wildman–Crippen MR) is 88.0 cm³/mol. The van der Waals surface area contributed by atoms with E-state index >= 15 is 0 Å². The Balaban J connectivity index is 2.45. The van der Waals surface area contributed by atoms with Crippen LogP contribution in [-0.4, -0.2) is 34.1 Å². The molecule has 0 heterocycles. The van der Waals surface area contributed by atoms with Gasteiger partial charge in [-0.05, 0) is 16.7 Å². The van der Waals surface area contributed by atoms with Crippen LogP contribution in [0.3, 0.4) is 0 Å². The Bertz CT molecular complexity index is 714. The van der Waals surface area contributed by atoms with Gasteiger partial charge in [-0.1, -0.05) is 54.6 Å². The summed E-state index contributed by atoms with van der Waals surface area (Å²) in [7, 11) is 1.07. The van der Waals surface area contributed by atoms with Crippen LogP contribution in [0, 0.1) is 0 Å². The van der Waals surface area contributed by atoms with Crippen molar-refractivity contribution >= 4 is 11.7 Å². The summed E-state index contributed by atoms with van der Waals surface area (Å²) in [5.41, 5.74) is 5.72. The zero-order valence-electron chi connectivity index (χ0n) is 13.3. The van der Waals surface area contributed by atoms with Gasteiger partial charge in [0.1, 0.15) is 5.60 Å². The number of nitrogens with two attached hydrogens (primary N) is 1. The van der Waals surface area contributed by atoms with Crippen LogP contribution in [-0.2, 0) is 21.7 Å². The van der Waals surface area contributed by atoms with E-state index in [4.69, 9.17) is 10.9 Å². The molecule has 0 spiro atoms. The van der Waals surface area contributed by atoms with Crippen molar-refractivity contribution in [1.29, 1.82) is 0 Å². The maximum atomic E-state index is 12.1. The second-order valence-corrected chi connectivity index (χ2v) is 5.56. The second-order valence-electron chi connectivity index (χ2n) is 5.56. The summed E-state index contributed by atoms with van der Waals surface area (Å²) in [6.07, 6.45) is -0.483. The summed E-state index contributed by atoms with van der Waals surface area (Å²) in [4.78, 5) is 23.8. The zero-order valence-corrected chi connectivity index (χ0v) is 13.3. The standard InChI is InChI=1S/C18H20N2O4/c1-20(24)17(22)16(21)11-18(23,14-5-3-2-4-6-14)15-9-7-13(12-19)8-10-15/h2-10,23-24H,11-12,19H2,1H3. The molecule has 1 atom stereocenters. The third kappa shape index (κ3) is 3.68. The predicted octanol–water partition coefficient (Wildman–Crippen LogP) is 1.19. The van der Waals surface area contributed by atoms with Gasteiger partial charge in [-0.3, -0.25) is 14.8 Å². The van der Waals surface area contributed by atoms with E-state index < -0.39 is 23.7 Å². The van der Waals surface area contributed by atoms with Crippen molar-refractivity contribution in [2.45, 2.75) is 18.6 Å². The van der Waals surface area contributed by atoms with Crippen LogP contribution >= 0.6 is 0 Å². The number of aliphatic hydroxyl groups is 1. The molecule has 24 heavy (non-hydrogen) atoms. The molecule has 6 heteroatoms. The Morgan fingerprint density at radius 2 is 1.58 bits per heavy atom. The minimum atomic E-state index is -1.68. The van der Waals surface area contributed by atoms with E-state index in [2.05, 4.69) is 0 Å². The summed E-state index contributed by atoms with van der Waals surface area (Å²) in [6, 6.07) is 15.5. The molecule has 0 saturated carbocycles. The number of carbonyl (C=O) groups is 2. The Morgan fingerprint density at radius 3 is 2.08 bits per heavy atom. The van der Waals surface area contributed by atoms with Gasteiger partial charge in [-0.2, -0.15) is 0 Å². The second kappa shape index (κ2) is 7.35. The van der Waals surface area contributed by atoms with Crippen LogP contribution in [0.2, 0.25) is 0 Å². The van der Waals surface area contributed by atoms with Crippen molar-refractivity contribution < 1.29 is 19.9 Å². The lowest BCUT2D eigenvalue weighted by Gasteiger charge is -2.29. The highest BCUT2D eigenvalue weighted by Gasteiger charge is 2.36. The molecule has 0 aliphatic heterocycles. The van der Waals surface area contributed by atoms with Crippen molar-refractivity contribution in [2.75, 3.05) is 7.05 Å². The number of Topliss-reactive ketones (excluding diaryl/α,β-unsaturated/α-hetero) is 1. The van der Waals surface area contributed by atoms with Crippen LogP contribution in [0.4, 0.5) is 0 Å². The van der Waals surface area contributed by atoms with Crippen molar-refractivity contribution in [3.8, 4) is 0 Å². The number of hydrogen-bond donors (Lipinski definition) is 3. The average Bonchev–Trinajstić information content (AvgIpc) is 2.61. The fraction of sp³-hybridized carbons (Fsp3) is 0.222. The molecular weight excluding hydrogens is 308 g/mol. The number of hydroxylamine groups is 2. The molecule has 0 bridgehead atoms. The van der Waals surface area contributed by atoms with E-state index in [1.54, 1.807) is 54.6 Å². The normalized spacial score (nSPS) is 13.2. The molecule has 126 valence electrons. The van der Waals surface area contributed by atoms with Gasteiger partial charge in [0.2, 0.25) is 5.78 Å². The minimum absolute atomic E-state index is 0.214. The van der Waals surface area contributed by atoms with Gasteiger partial charge in [0.15, 0.2) is 0 Å². The third-order valence-corrected chi connectivity index (χ3v) is 3.87. The fourth-order valence-electron chi connectivity index (χ4n) is 2.49.